The van der Waals surface area contributed by atoms with Crippen LogP contribution in [0, 0.1) is 0 Å². The number of piperidine rings is 1. The molecular weight excluding hydrogens is 372 g/mol. The Balaban J connectivity index is 1.47. The Morgan fingerprint density at radius 2 is 2.00 bits per heavy atom. The number of hydrogen-bond acceptors (Lipinski definition) is 4. The Morgan fingerprint density at radius 1 is 1.14 bits per heavy atom. The van der Waals surface area contributed by atoms with Crippen molar-refractivity contribution in [3.05, 3.63) is 88.7 Å². The average Bonchev–Trinajstić information content (AvgIpc) is 2.76. The molecule has 1 saturated heterocycles. The molecule has 3 heterocycles. The van der Waals surface area contributed by atoms with Crippen LogP contribution in [-0.2, 0) is 6.42 Å². The molecule has 3 aromatic rings. The van der Waals surface area contributed by atoms with Gasteiger partial charge in [-0.3, -0.25) is 14.8 Å². The molecule has 1 aromatic carbocycles. The number of rotatable bonds is 4. The van der Waals surface area contributed by atoms with Crippen molar-refractivity contribution in [2.45, 2.75) is 25.2 Å². The standard InChI is InChI=1S/C22H21ClN4O/c23-18-8-6-16(7-9-18)13-19-4-1-5-20(26-19)17-3-2-12-27(15-17)22(28)21-14-24-10-11-25-21/h1,4-11,14,17H,2-3,12-13,15H2. The molecule has 1 unspecified atom stereocenters. The maximum atomic E-state index is 12.7. The van der Waals surface area contributed by atoms with Gasteiger partial charge in [-0.15, -0.1) is 0 Å². The molecule has 0 spiro atoms. The maximum Gasteiger partial charge on any atom is 0.274 e. The van der Waals surface area contributed by atoms with E-state index in [0.717, 1.165) is 42.2 Å². The second kappa shape index (κ2) is 8.48. The molecule has 5 nitrogen and oxygen atoms in total. The van der Waals surface area contributed by atoms with E-state index in [-0.39, 0.29) is 11.8 Å². The number of amides is 1. The van der Waals surface area contributed by atoms with E-state index in [4.69, 9.17) is 16.6 Å². The first kappa shape index (κ1) is 18.6. The lowest BCUT2D eigenvalue weighted by atomic mass is 9.93. The van der Waals surface area contributed by atoms with Gasteiger partial charge in [-0.1, -0.05) is 29.8 Å². The third-order valence-corrected chi connectivity index (χ3v) is 5.29. The SMILES string of the molecule is O=C(c1cnccn1)N1CCCC(c2cccc(Cc3ccc(Cl)cc3)n2)C1. The van der Waals surface area contributed by atoms with Gasteiger partial charge in [0, 0.05) is 54.2 Å². The van der Waals surface area contributed by atoms with Gasteiger partial charge in [0.1, 0.15) is 5.69 Å². The third-order valence-electron chi connectivity index (χ3n) is 5.04. The predicted molar refractivity (Wildman–Crippen MR) is 108 cm³/mol. The van der Waals surface area contributed by atoms with Crippen LogP contribution in [0.25, 0.3) is 0 Å². The number of aromatic nitrogens is 3. The highest BCUT2D eigenvalue weighted by molar-refractivity contribution is 6.30. The lowest BCUT2D eigenvalue weighted by Crippen LogP contribution is -2.39. The van der Waals surface area contributed by atoms with Crippen molar-refractivity contribution in [3.63, 3.8) is 0 Å². The summed E-state index contributed by atoms with van der Waals surface area (Å²) >= 11 is 5.97. The Morgan fingerprint density at radius 3 is 2.79 bits per heavy atom. The Hall–Kier alpha value is -2.79. The minimum atomic E-state index is -0.0601. The van der Waals surface area contributed by atoms with Gasteiger partial charge in [-0.2, -0.15) is 0 Å². The lowest BCUT2D eigenvalue weighted by Gasteiger charge is -2.32. The van der Waals surface area contributed by atoms with Gasteiger partial charge in [0.25, 0.3) is 5.91 Å². The van der Waals surface area contributed by atoms with E-state index in [9.17, 15) is 4.79 Å². The second-order valence-electron chi connectivity index (χ2n) is 7.04. The molecule has 0 bridgehead atoms. The lowest BCUT2D eigenvalue weighted by molar-refractivity contribution is 0.0699. The fraction of sp³-hybridized carbons (Fsp3) is 0.273. The molecule has 1 aliphatic heterocycles. The highest BCUT2D eigenvalue weighted by atomic mass is 35.5. The summed E-state index contributed by atoms with van der Waals surface area (Å²) in [5.74, 6) is 0.176. The van der Waals surface area contributed by atoms with Crippen molar-refractivity contribution < 1.29 is 4.79 Å². The number of hydrogen-bond donors (Lipinski definition) is 0. The van der Waals surface area contributed by atoms with Crippen LogP contribution < -0.4 is 0 Å². The molecule has 142 valence electrons. The van der Waals surface area contributed by atoms with Crippen LogP contribution in [-0.4, -0.2) is 38.8 Å². The van der Waals surface area contributed by atoms with Crippen LogP contribution in [0.3, 0.4) is 0 Å². The molecule has 2 aromatic heterocycles. The van der Waals surface area contributed by atoms with Crippen LogP contribution in [0.1, 0.15) is 46.2 Å². The molecule has 0 aliphatic carbocycles. The van der Waals surface area contributed by atoms with Crippen LogP contribution >= 0.6 is 11.6 Å². The highest BCUT2D eigenvalue weighted by Gasteiger charge is 2.27. The minimum Gasteiger partial charge on any atom is -0.337 e. The van der Waals surface area contributed by atoms with Gasteiger partial charge in [0.05, 0.1) is 6.20 Å². The molecule has 0 N–H and O–H groups in total. The number of benzene rings is 1. The molecule has 1 aliphatic rings. The molecule has 0 saturated carbocycles. The largest absolute Gasteiger partial charge is 0.337 e. The summed E-state index contributed by atoms with van der Waals surface area (Å²) in [5.41, 5.74) is 3.64. The first-order valence-electron chi connectivity index (χ1n) is 9.44. The van der Waals surface area contributed by atoms with Crippen molar-refractivity contribution in [1.82, 2.24) is 19.9 Å². The van der Waals surface area contributed by atoms with Crippen molar-refractivity contribution in [3.8, 4) is 0 Å². The molecule has 6 heteroatoms. The Kier molecular flexibility index (Phi) is 5.63. The van der Waals surface area contributed by atoms with Crippen molar-refractivity contribution in [2.75, 3.05) is 13.1 Å². The molecule has 4 rings (SSSR count). The zero-order valence-electron chi connectivity index (χ0n) is 15.5. The molecule has 1 amide bonds. The summed E-state index contributed by atoms with van der Waals surface area (Å²) in [6.45, 7) is 1.41. The Bertz CT molecular complexity index is 946. The zero-order valence-corrected chi connectivity index (χ0v) is 16.2. The van der Waals surface area contributed by atoms with Crippen LogP contribution in [0.15, 0.2) is 61.1 Å². The molecule has 1 atom stereocenters. The van der Waals surface area contributed by atoms with Gasteiger partial charge in [-0.25, -0.2) is 4.98 Å². The fourth-order valence-corrected chi connectivity index (χ4v) is 3.74. The highest BCUT2D eigenvalue weighted by Crippen LogP contribution is 2.27. The monoisotopic (exact) mass is 392 g/mol. The third kappa shape index (κ3) is 4.37. The number of carbonyl (C=O) groups is 1. The van der Waals surface area contributed by atoms with Gasteiger partial charge < -0.3 is 4.90 Å². The quantitative estimate of drug-likeness (QED) is 0.669. The first-order chi connectivity index (χ1) is 13.7. The van der Waals surface area contributed by atoms with Gasteiger partial charge in [0.2, 0.25) is 0 Å². The molecule has 0 radical (unpaired) electrons. The summed E-state index contributed by atoms with van der Waals surface area (Å²) in [4.78, 5) is 27.6. The van der Waals surface area contributed by atoms with E-state index in [1.165, 1.54) is 11.8 Å². The van der Waals surface area contributed by atoms with E-state index in [0.29, 0.717) is 12.2 Å². The van der Waals surface area contributed by atoms with Gasteiger partial charge in [-0.05, 0) is 42.7 Å². The van der Waals surface area contributed by atoms with Crippen LogP contribution in [0.2, 0.25) is 5.02 Å². The average molecular weight is 393 g/mol. The first-order valence-corrected chi connectivity index (χ1v) is 9.82. The van der Waals surface area contributed by atoms with Crippen molar-refractivity contribution in [1.29, 1.82) is 0 Å². The normalized spacial score (nSPS) is 16.8. The number of pyridine rings is 1. The smallest absolute Gasteiger partial charge is 0.274 e. The Labute approximate surface area is 169 Å². The topological polar surface area (TPSA) is 59.0 Å². The number of halogens is 1. The number of nitrogens with zero attached hydrogens (tertiary/aromatic N) is 4. The molecule has 28 heavy (non-hydrogen) atoms. The van der Waals surface area contributed by atoms with Crippen LogP contribution in [0.4, 0.5) is 0 Å². The van der Waals surface area contributed by atoms with Crippen LogP contribution in [0.5, 0.6) is 0 Å². The molecular formula is C22H21ClN4O. The van der Waals surface area contributed by atoms with Gasteiger partial charge in [0.15, 0.2) is 0 Å². The number of likely N-dealkylation sites (tertiary alicyclic amines) is 1. The predicted octanol–water partition coefficient (Wildman–Crippen LogP) is 4.14. The van der Waals surface area contributed by atoms with E-state index in [1.807, 2.05) is 35.2 Å². The van der Waals surface area contributed by atoms with Crippen molar-refractivity contribution in [2.24, 2.45) is 0 Å². The number of carbonyl (C=O) groups excluding carboxylic acids is 1. The van der Waals surface area contributed by atoms with Gasteiger partial charge >= 0.3 is 0 Å². The zero-order chi connectivity index (χ0) is 19.3. The summed E-state index contributed by atoms with van der Waals surface area (Å²) < 4.78 is 0. The summed E-state index contributed by atoms with van der Waals surface area (Å²) in [6, 6.07) is 14.0. The van der Waals surface area contributed by atoms with Crippen molar-refractivity contribution >= 4 is 17.5 Å². The second-order valence-corrected chi connectivity index (χ2v) is 7.47. The molecule has 1 fully saturated rings. The fourth-order valence-electron chi connectivity index (χ4n) is 3.61. The minimum absolute atomic E-state index is 0.0601. The maximum absolute atomic E-state index is 12.7. The van der Waals surface area contributed by atoms with E-state index in [1.54, 1.807) is 12.4 Å². The summed E-state index contributed by atoms with van der Waals surface area (Å²) in [6.07, 6.45) is 7.40. The summed E-state index contributed by atoms with van der Waals surface area (Å²) in [5, 5.41) is 0.737. The summed E-state index contributed by atoms with van der Waals surface area (Å²) in [7, 11) is 0. The van der Waals surface area contributed by atoms with E-state index in [2.05, 4.69) is 22.1 Å². The van der Waals surface area contributed by atoms with E-state index >= 15 is 0 Å². The van der Waals surface area contributed by atoms with E-state index < -0.39 is 0 Å².